The molecule has 3 aromatic rings. The maximum absolute atomic E-state index is 12.5. The number of hydrogen-bond donors (Lipinski definition) is 2. The van der Waals surface area contributed by atoms with Crippen molar-refractivity contribution in [3.8, 4) is 5.75 Å². The molecule has 0 aliphatic carbocycles. The fourth-order valence-electron chi connectivity index (χ4n) is 3.30. The molecule has 0 unspecified atom stereocenters. The minimum absolute atomic E-state index is 0.0287. The first kappa shape index (κ1) is 19.4. The molecule has 3 rings (SSSR count). The Kier molecular flexibility index (Phi) is 5.36. The van der Waals surface area contributed by atoms with Crippen molar-refractivity contribution in [1.82, 2.24) is 0 Å². The van der Waals surface area contributed by atoms with E-state index in [1.807, 2.05) is 45.0 Å². The summed E-state index contributed by atoms with van der Waals surface area (Å²) in [6, 6.07) is 14.4. The highest BCUT2D eigenvalue weighted by atomic mass is 16.5. The summed E-state index contributed by atoms with van der Waals surface area (Å²) in [6.45, 7) is 7.33. The van der Waals surface area contributed by atoms with E-state index >= 15 is 0 Å². The van der Waals surface area contributed by atoms with Crippen molar-refractivity contribution in [2.75, 3.05) is 5.32 Å². The van der Waals surface area contributed by atoms with E-state index in [1.54, 1.807) is 18.2 Å². The zero-order chi connectivity index (χ0) is 20.4. The zero-order valence-corrected chi connectivity index (χ0v) is 16.4. The molecule has 0 bridgehead atoms. The molecule has 1 amide bonds. The number of rotatable bonds is 4. The number of carbonyl (C=O) groups excluding carboxylic acids is 2. The lowest BCUT2D eigenvalue weighted by molar-refractivity contribution is -0.123. The van der Waals surface area contributed by atoms with Crippen LogP contribution in [-0.4, -0.2) is 23.1 Å². The molecule has 0 aliphatic rings. The van der Waals surface area contributed by atoms with Crippen LogP contribution >= 0.6 is 0 Å². The summed E-state index contributed by atoms with van der Waals surface area (Å²) in [6.07, 6.45) is -1.02. The quantitative estimate of drug-likeness (QED) is 0.649. The molecule has 5 heteroatoms. The molecule has 1 atom stereocenters. The average Bonchev–Trinajstić information content (AvgIpc) is 2.64. The minimum atomic E-state index is -1.02. The van der Waals surface area contributed by atoms with Gasteiger partial charge in [0.05, 0.1) is 0 Å². The van der Waals surface area contributed by atoms with Crippen LogP contribution in [0.25, 0.3) is 10.8 Å². The molecule has 144 valence electrons. The molecule has 0 heterocycles. The molecule has 0 radical (unpaired) electrons. The smallest absolute Gasteiger partial charge is 0.342 e. The van der Waals surface area contributed by atoms with Crippen molar-refractivity contribution in [2.24, 2.45) is 0 Å². The van der Waals surface area contributed by atoms with Gasteiger partial charge in [-0.2, -0.15) is 0 Å². The molecule has 28 heavy (non-hydrogen) atoms. The summed E-state index contributed by atoms with van der Waals surface area (Å²) in [5.41, 5.74) is 3.74. The Labute approximate surface area is 164 Å². The van der Waals surface area contributed by atoms with Gasteiger partial charge in [-0.05, 0) is 50.3 Å². The summed E-state index contributed by atoms with van der Waals surface area (Å²) in [5.74, 6) is -1.33. The van der Waals surface area contributed by atoms with Gasteiger partial charge in [0.15, 0.2) is 6.10 Å². The van der Waals surface area contributed by atoms with Crippen molar-refractivity contribution in [3.63, 3.8) is 0 Å². The molecule has 0 saturated carbocycles. The maximum Gasteiger partial charge on any atom is 0.342 e. The Morgan fingerprint density at radius 2 is 1.64 bits per heavy atom. The van der Waals surface area contributed by atoms with Crippen molar-refractivity contribution >= 4 is 28.3 Å². The van der Waals surface area contributed by atoms with Gasteiger partial charge in [-0.15, -0.1) is 0 Å². The van der Waals surface area contributed by atoms with Gasteiger partial charge < -0.3 is 15.2 Å². The van der Waals surface area contributed by atoms with Crippen LogP contribution in [0.15, 0.2) is 48.5 Å². The predicted octanol–water partition coefficient (Wildman–Crippen LogP) is 4.65. The molecular formula is C23H23NO4. The number of ether oxygens (including phenoxy) is 1. The second-order valence-electron chi connectivity index (χ2n) is 6.99. The van der Waals surface area contributed by atoms with Gasteiger partial charge in [0, 0.05) is 11.1 Å². The van der Waals surface area contributed by atoms with Gasteiger partial charge >= 0.3 is 5.97 Å². The Morgan fingerprint density at radius 1 is 1.00 bits per heavy atom. The Balaban J connectivity index is 1.76. The third-order valence-corrected chi connectivity index (χ3v) is 4.70. The lowest BCUT2D eigenvalue weighted by Gasteiger charge is -2.17. The number of aromatic hydroxyl groups is 1. The molecule has 3 aromatic carbocycles. The van der Waals surface area contributed by atoms with Crippen LogP contribution in [0, 0.1) is 20.8 Å². The number of benzene rings is 3. The standard InChI is InChI=1S/C23H23NO4/c1-13-11-14(2)20(15(3)12-13)24-22(26)16(4)28-23(27)19-10-9-17-7-5-6-8-18(17)21(19)25/h5-12,16,25H,1-4H3,(H,24,26)/t16-/m0/s1. The van der Waals surface area contributed by atoms with Crippen LogP contribution in [0.1, 0.15) is 34.0 Å². The molecular weight excluding hydrogens is 354 g/mol. The molecule has 0 aromatic heterocycles. The fourth-order valence-corrected chi connectivity index (χ4v) is 3.30. The maximum atomic E-state index is 12.5. The first-order valence-corrected chi connectivity index (χ1v) is 9.08. The van der Waals surface area contributed by atoms with E-state index in [0.717, 1.165) is 22.1 Å². The Bertz CT molecular complexity index is 1050. The van der Waals surface area contributed by atoms with Gasteiger partial charge in [-0.25, -0.2) is 4.79 Å². The number of hydrogen-bond acceptors (Lipinski definition) is 4. The predicted molar refractivity (Wildman–Crippen MR) is 110 cm³/mol. The van der Waals surface area contributed by atoms with Crippen molar-refractivity contribution in [1.29, 1.82) is 0 Å². The number of esters is 1. The van der Waals surface area contributed by atoms with E-state index in [2.05, 4.69) is 5.32 Å². The second-order valence-corrected chi connectivity index (χ2v) is 6.99. The van der Waals surface area contributed by atoms with E-state index in [4.69, 9.17) is 4.74 Å². The van der Waals surface area contributed by atoms with Crippen molar-refractivity contribution < 1.29 is 19.4 Å². The van der Waals surface area contributed by atoms with Gasteiger partial charge in [0.25, 0.3) is 5.91 Å². The first-order chi connectivity index (χ1) is 13.3. The largest absolute Gasteiger partial charge is 0.506 e. The number of carbonyl (C=O) groups is 2. The van der Waals surface area contributed by atoms with Crippen LogP contribution in [-0.2, 0) is 9.53 Å². The third kappa shape index (κ3) is 3.83. The summed E-state index contributed by atoms with van der Waals surface area (Å²) < 4.78 is 5.29. The third-order valence-electron chi connectivity index (χ3n) is 4.70. The number of nitrogens with one attached hydrogen (secondary N) is 1. The summed E-state index contributed by atoms with van der Waals surface area (Å²) in [4.78, 5) is 25.0. The summed E-state index contributed by atoms with van der Waals surface area (Å²) in [7, 11) is 0. The summed E-state index contributed by atoms with van der Waals surface area (Å²) >= 11 is 0. The van der Waals surface area contributed by atoms with Crippen LogP contribution in [0.3, 0.4) is 0 Å². The first-order valence-electron chi connectivity index (χ1n) is 9.08. The number of anilines is 1. The topological polar surface area (TPSA) is 75.6 Å². The van der Waals surface area contributed by atoms with Crippen molar-refractivity contribution in [2.45, 2.75) is 33.8 Å². The average molecular weight is 377 g/mol. The molecule has 2 N–H and O–H groups in total. The van der Waals surface area contributed by atoms with Crippen LogP contribution in [0.4, 0.5) is 5.69 Å². The number of fused-ring (bicyclic) bond motifs is 1. The number of phenolic OH excluding ortho intramolecular Hbond substituents is 1. The highest BCUT2D eigenvalue weighted by Gasteiger charge is 2.22. The van der Waals surface area contributed by atoms with E-state index in [0.29, 0.717) is 11.1 Å². The van der Waals surface area contributed by atoms with E-state index in [-0.39, 0.29) is 11.3 Å². The number of amides is 1. The number of phenols is 1. The van der Waals surface area contributed by atoms with E-state index in [9.17, 15) is 14.7 Å². The highest BCUT2D eigenvalue weighted by molar-refractivity contribution is 6.03. The van der Waals surface area contributed by atoms with Crippen LogP contribution in [0.2, 0.25) is 0 Å². The highest BCUT2D eigenvalue weighted by Crippen LogP contribution is 2.29. The second kappa shape index (κ2) is 7.72. The molecule has 5 nitrogen and oxygen atoms in total. The van der Waals surface area contributed by atoms with Crippen LogP contribution in [0.5, 0.6) is 5.75 Å². The SMILES string of the molecule is Cc1cc(C)c(NC(=O)[C@H](C)OC(=O)c2ccc3ccccc3c2O)c(C)c1. The Morgan fingerprint density at radius 3 is 2.32 bits per heavy atom. The molecule has 0 aliphatic heterocycles. The van der Waals surface area contributed by atoms with Gasteiger partial charge in [0.1, 0.15) is 11.3 Å². The van der Waals surface area contributed by atoms with E-state index in [1.165, 1.54) is 13.0 Å². The summed E-state index contributed by atoms with van der Waals surface area (Å²) in [5, 5.41) is 14.6. The van der Waals surface area contributed by atoms with Gasteiger partial charge in [-0.3, -0.25) is 4.79 Å². The molecule has 0 spiro atoms. The van der Waals surface area contributed by atoms with Crippen molar-refractivity contribution in [3.05, 3.63) is 70.8 Å². The fraction of sp³-hybridized carbons (Fsp3) is 0.217. The molecule has 0 fully saturated rings. The van der Waals surface area contributed by atoms with Gasteiger partial charge in [-0.1, -0.05) is 48.0 Å². The zero-order valence-electron chi connectivity index (χ0n) is 16.4. The Hall–Kier alpha value is -3.34. The normalized spacial score (nSPS) is 11.9. The number of aryl methyl sites for hydroxylation is 3. The lowest BCUT2D eigenvalue weighted by Crippen LogP contribution is -2.30. The van der Waals surface area contributed by atoms with E-state index < -0.39 is 18.0 Å². The lowest BCUT2D eigenvalue weighted by atomic mass is 10.0. The monoisotopic (exact) mass is 377 g/mol. The van der Waals surface area contributed by atoms with Crippen LogP contribution < -0.4 is 5.32 Å². The minimum Gasteiger partial charge on any atom is -0.506 e. The molecule has 0 saturated heterocycles. The van der Waals surface area contributed by atoms with Gasteiger partial charge in [0.2, 0.25) is 0 Å².